The Morgan fingerprint density at radius 1 is 1.26 bits per heavy atom. The molecule has 11 heteroatoms. The number of carbonyl (C=O) groups is 1. The Kier molecular flexibility index (Phi) is 5.54. The summed E-state index contributed by atoms with van der Waals surface area (Å²) in [5.41, 5.74) is 3.88. The number of rotatable bonds is 6. The van der Waals surface area contributed by atoms with Gasteiger partial charge in [-0.25, -0.2) is 9.97 Å². The number of ether oxygens (including phenoxy) is 1. The van der Waals surface area contributed by atoms with Crippen molar-refractivity contribution in [3.8, 4) is 17.3 Å². The Labute approximate surface area is 197 Å². The van der Waals surface area contributed by atoms with Crippen LogP contribution in [0.1, 0.15) is 49.4 Å². The maximum atomic E-state index is 13.1. The smallest absolute Gasteiger partial charge is 0.272 e. The summed E-state index contributed by atoms with van der Waals surface area (Å²) in [6, 6.07) is 1.88. The van der Waals surface area contributed by atoms with E-state index >= 15 is 0 Å². The fourth-order valence-corrected chi connectivity index (χ4v) is 4.51. The number of carbonyl (C=O) groups excluding carboxylic acids is 1. The van der Waals surface area contributed by atoms with Crippen LogP contribution < -0.4 is 4.74 Å². The summed E-state index contributed by atoms with van der Waals surface area (Å²) in [5.74, 6) is 1.16. The van der Waals surface area contributed by atoms with Gasteiger partial charge in [0.25, 0.3) is 5.91 Å². The molecular weight excluding hydrogens is 434 g/mol. The van der Waals surface area contributed by atoms with Gasteiger partial charge in [0.1, 0.15) is 23.9 Å². The zero-order chi connectivity index (χ0) is 24.0. The van der Waals surface area contributed by atoms with Crippen LogP contribution in [0.25, 0.3) is 22.6 Å². The van der Waals surface area contributed by atoms with E-state index in [-0.39, 0.29) is 18.1 Å². The number of likely N-dealkylation sites (tertiary alicyclic amines) is 1. The first-order chi connectivity index (χ1) is 16.4. The minimum Gasteiger partial charge on any atom is -0.471 e. The molecule has 1 saturated heterocycles. The van der Waals surface area contributed by atoms with Crippen molar-refractivity contribution in [2.45, 2.75) is 52.8 Å². The zero-order valence-electron chi connectivity index (χ0n) is 20.1. The summed E-state index contributed by atoms with van der Waals surface area (Å²) in [4.78, 5) is 28.5. The topological polar surface area (TPSA) is 109 Å². The van der Waals surface area contributed by atoms with Gasteiger partial charge in [-0.3, -0.25) is 14.2 Å². The first-order valence-electron chi connectivity index (χ1n) is 11.6. The molecule has 11 nitrogen and oxygen atoms in total. The lowest BCUT2D eigenvalue weighted by Crippen LogP contribution is -2.32. The van der Waals surface area contributed by atoms with Crippen LogP contribution in [0.15, 0.2) is 24.8 Å². The lowest BCUT2D eigenvalue weighted by molar-refractivity contribution is 0.0757. The number of aryl methyl sites for hydroxylation is 2. The molecule has 1 amide bonds. The van der Waals surface area contributed by atoms with Gasteiger partial charge >= 0.3 is 0 Å². The lowest BCUT2D eigenvalue weighted by atomic mass is 10.2. The van der Waals surface area contributed by atoms with Gasteiger partial charge in [-0.15, -0.1) is 0 Å². The average Bonchev–Trinajstić information content (AvgIpc) is 3.60. The first-order valence-corrected chi connectivity index (χ1v) is 11.6. The Morgan fingerprint density at radius 3 is 2.82 bits per heavy atom. The molecule has 0 bridgehead atoms. The minimum atomic E-state index is -0.174. The van der Waals surface area contributed by atoms with Gasteiger partial charge < -0.3 is 14.2 Å². The molecule has 178 valence electrons. The Hall–Kier alpha value is -3.76. The summed E-state index contributed by atoms with van der Waals surface area (Å²) in [6.07, 6.45) is 5.53. The van der Waals surface area contributed by atoms with Gasteiger partial charge in [-0.1, -0.05) is 0 Å². The minimum absolute atomic E-state index is 0.0336. The van der Waals surface area contributed by atoms with Crippen molar-refractivity contribution in [2.75, 3.05) is 13.1 Å². The summed E-state index contributed by atoms with van der Waals surface area (Å²) in [5, 5.41) is 8.72. The van der Waals surface area contributed by atoms with Crippen LogP contribution in [-0.4, -0.2) is 69.1 Å². The van der Waals surface area contributed by atoms with E-state index < -0.39 is 0 Å². The number of imidazole rings is 1. The van der Waals surface area contributed by atoms with Crippen molar-refractivity contribution in [2.24, 2.45) is 7.05 Å². The Balaban J connectivity index is 1.38. The maximum absolute atomic E-state index is 13.1. The summed E-state index contributed by atoms with van der Waals surface area (Å²) >= 11 is 0. The first kappa shape index (κ1) is 22.1. The van der Waals surface area contributed by atoms with E-state index in [0.717, 1.165) is 30.0 Å². The third-order valence-electron chi connectivity index (χ3n) is 6.36. The molecule has 1 aliphatic rings. The molecule has 1 fully saturated rings. The van der Waals surface area contributed by atoms with Gasteiger partial charge in [0, 0.05) is 44.5 Å². The fourth-order valence-electron chi connectivity index (χ4n) is 4.51. The average molecular weight is 464 g/mol. The molecule has 0 aromatic carbocycles. The monoisotopic (exact) mass is 463 g/mol. The van der Waals surface area contributed by atoms with E-state index in [4.69, 9.17) is 9.72 Å². The molecule has 5 heterocycles. The molecule has 0 radical (unpaired) electrons. The number of hydrogen-bond donors (Lipinski definition) is 0. The summed E-state index contributed by atoms with van der Waals surface area (Å²) in [7, 11) is 1.93. The van der Waals surface area contributed by atoms with Crippen LogP contribution in [0, 0.1) is 6.92 Å². The molecule has 0 aliphatic carbocycles. The molecule has 1 atom stereocenters. The predicted octanol–water partition coefficient (Wildman–Crippen LogP) is 2.63. The van der Waals surface area contributed by atoms with E-state index in [1.807, 2.05) is 48.2 Å². The number of nitrogens with zero attached hydrogens (tertiary/aromatic N) is 9. The van der Waals surface area contributed by atoms with Crippen LogP contribution in [0.3, 0.4) is 0 Å². The Morgan fingerprint density at radius 2 is 2.09 bits per heavy atom. The second-order valence-electron chi connectivity index (χ2n) is 8.84. The van der Waals surface area contributed by atoms with Crippen molar-refractivity contribution >= 4 is 17.1 Å². The highest BCUT2D eigenvalue weighted by Gasteiger charge is 2.31. The number of fused-ring (bicyclic) bond motifs is 1. The van der Waals surface area contributed by atoms with Crippen LogP contribution in [0.5, 0.6) is 5.88 Å². The molecule has 0 spiro atoms. The van der Waals surface area contributed by atoms with Gasteiger partial charge in [0.15, 0.2) is 11.2 Å². The molecular formula is C23H29N9O2. The van der Waals surface area contributed by atoms with Crippen molar-refractivity contribution < 1.29 is 9.53 Å². The normalized spacial score (nSPS) is 16.2. The van der Waals surface area contributed by atoms with E-state index in [1.54, 1.807) is 16.9 Å². The highest BCUT2D eigenvalue weighted by Crippen LogP contribution is 2.30. The van der Waals surface area contributed by atoms with E-state index in [1.165, 1.54) is 6.33 Å². The molecule has 1 aliphatic heterocycles. The lowest BCUT2D eigenvalue weighted by Gasteiger charge is -2.18. The number of amides is 1. The Bertz CT molecular complexity index is 1350. The van der Waals surface area contributed by atoms with Crippen molar-refractivity contribution in [1.29, 1.82) is 0 Å². The predicted molar refractivity (Wildman–Crippen MR) is 125 cm³/mol. The van der Waals surface area contributed by atoms with Crippen LogP contribution >= 0.6 is 0 Å². The molecule has 1 unspecified atom stereocenters. The van der Waals surface area contributed by atoms with Crippen LogP contribution in [0.4, 0.5) is 0 Å². The highest BCUT2D eigenvalue weighted by atomic mass is 16.5. The molecule has 0 saturated carbocycles. The van der Waals surface area contributed by atoms with Crippen LogP contribution in [-0.2, 0) is 13.6 Å². The SMILES string of the molecule is CCn1ncc(-c2nc3c(OC4CCN(C(=O)c5ccnn5C(C)C)C4)ncnc3n2C)c1C. The van der Waals surface area contributed by atoms with Crippen molar-refractivity contribution in [3.63, 3.8) is 0 Å². The molecule has 5 rings (SSSR count). The molecule has 0 N–H and O–H groups in total. The number of aromatic nitrogens is 8. The van der Waals surface area contributed by atoms with Gasteiger partial charge in [-0.05, 0) is 33.8 Å². The second kappa shape index (κ2) is 8.54. The summed E-state index contributed by atoms with van der Waals surface area (Å²) in [6.45, 7) is 10.00. The zero-order valence-corrected chi connectivity index (χ0v) is 20.1. The highest BCUT2D eigenvalue weighted by molar-refractivity contribution is 5.92. The quantitative estimate of drug-likeness (QED) is 0.432. The number of hydrogen-bond acceptors (Lipinski definition) is 7. The third kappa shape index (κ3) is 3.61. The van der Waals surface area contributed by atoms with E-state index in [9.17, 15) is 4.79 Å². The molecule has 4 aromatic rings. The third-order valence-corrected chi connectivity index (χ3v) is 6.36. The van der Waals surface area contributed by atoms with Gasteiger partial charge in [0.05, 0.1) is 18.3 Å². The second-order valence-corrected chi connectivity index (χ2v) is 8.84. The fraction of sp³-hybridized carbons (Fsp3) is 0.478. The molecule has 34 heavy (non-hydrogen) atoms. The van der Waals surface area contributed by atoms with Crippen molar-refractivity contribution in [1.82, 2.24) is 44.0 Å². The van der Waals surface area contributed by atoms with Crippen molar-refractivity contribution in [3.05, 3.63) is 36.2 Å². The largest absolute Gasteiger partial charge is 0.471 e. The van der Waals surface area contributed by atoms with Gasteiger partial charge in [0.2, 0.25) is 5.88 Å². The van der Waals surface area contributed by atoms with E-state index in [2.05, 4.69) is 27.1 Å². The molecule has 4 aromatic heterocycles. The maximum Gasteiger partial charge on any atom is 0.272 e. The van der Waals surface area contributed by atoms with Crippen LogP contribution in [0.2, 0.25) is 0 Å². The van der Waals surface area contributed by atoms with E-state index in [0.29, 0.717) is 35.8 Å². The standard InChI is InChI=1S/C23H29N9O2/c1-6-31-15(4)17(11-27-31)20-28-19-21(29(20)5)24-13-25-22(19)34-16-8-10-30(12-16)23(33)18-7-9-26-32(18)14(2)3/h7,9,11,13-14,16H,6,8,10,12H2,1-5H3. The van der Waals surface area contributed by atoms with Gasteiger partial charge in [-0.2, -0.15) is 15.2 Å². The summed E-state index contributed by atoms with van der Waals surface area (Å²) < 4.78 is 11.9.